The van der Waals surface area contributed by atoms with Crippen LogP contribution in [0.2, 0.25) is 0 Å². The zero-order chi connectivity index (χ0) is 25.2. The van der Waals surface area contributed by atoms with E-state index in [0.717, 1.165) is 15.4 Å². The second-order valence-electron chi connectivity index (χ2n) is 9.25. The van der Waals surface area contributed by atoms with E-state index in [1.807, 2.05) is 51.1 Å². The Morgan fingerprint density at radius 2 is 1.77 bits per heavy atom. The van der Waals surface area contributed by atoms with Crippen molar-refractivity contribution in [1.82, 2.24) is 5.32 Å². The molecule has 0 aromatic heterocycles. The summed E-state index contributed by atoms with van der Waals surface area (Å²) in [6, 6.07) is 20.3. The second-order valence-corrected chi connectivity index (χ2v) is 11.1. The van der Waals surface area contributed by atoms with Gasteiger partial charge in [-0.2, -0.15) is 0 Å². The summed E-state index contributed by atoms with van der Waals surface area (Å²) in [4.78, 5) is 13.4. The minimum atomic E-state index is -3.97. The highest BCUT2D eigenvalue weighted by atomic mass is 32.2. The van der Waals surface area contributed by atoms with Crippen molar-refractivity contribution in [2.24, 2.45) is 0 Å². The third-order valence-corrected chi connectivity index (χ3v) is 7.74. The largest absolute Gasteiger partial charge is 0.497 e. The minimum Gasteiger partial charge on any atom is -0.497 e. The highest BCUT2D eigenvalue weighted by molar-refractivity contribution is 7.92. The van der Waals surface area contributed by atoms with Crippen LogP contribution in [0.1, 0.15) is 37.4 Å². The number of hydrogen-bond donors (Lipinski definition) is 1. The lowest BCUT2D eigenvalue weighted by Gasteiger charge is -2.38. The number of amides is 1. The van der Waals surface area contributed by atoms with E-state index in [2.05, 4.69) is 5.32 Å². The van der Waals surface area contributed by atoms with Crippen LogP contribution in [0.15, 0.2) is 77.7 Å². The summed E-state index contributed by atoms with van der Waals surface area (Å²) in [5.74, 6) is 0.903. The van der Waals surface area contributed by atoms with Gasteiger partial charge in [0.1, 0.15) is 23.6 Å². The standard InChI is InChI=1S/C27H30N2O5S/c1-19-10-12-20(13-11-19)29(35(31,32)22-8-6-5-7-9-22)18-26(30)28-24-17-27(2,3)34-25-15-14-21(33-4)16-23(24)25/h5-16,24H,17-18H2,1-4H3,(H,28,30). The van der Waals surface area contributed by atoms with Gasteiger partial charge in [0.05, 0.1) is 23.7 Å². The van der Waals surface area contributed by atoms with E-state index >= 15 is 0 Å². The molecule has 0 radical (unpaired) electrons. The molecule has 3 aromatic rings. The smallest absolute Gasteiger partial charge is 0.264 e. The lowest BCUT2D eigenvalue weighted by molar-refractivity contribution is -0.120. The first-order valence-electron chi connectivity index (χ1n) is 11.4. The van der Waals surface area contributed by atoms with Gasteiger partial charge in [0, 0.05) is 12.0 Å². The number of nitrogens with one attached hydrogen (secondary N) is 1. The summed E-state index contributed by atoms with van der Waals surface area (Å²) < 4.78 is 39.7. The van der Waals surface area contributed by atoms with E-state index in [4.69, 9.17) is 9.47 Å². The molecule has 7 nitrogen and oxygen atoms in total. The van der Waals surface area contributed by atoms with Crippen LogP contribution in [0.4, 0.5) is 5.69 Å². The first-order valence-corrected chi connectivity index (χ1v) is 12.8. The van der Waals surface area contributed by atoms with Crippen LogP contribution in [0.25, 0.3) is 0 Å². The fourth-order valence-corrected chi connectivity index (χ4v) is 5.65. The van der Waals surface area contributed by atoms with Crippen LogP contribution in [-0.2, 0) is 14.8 Å². The highest BCUT2D eigenvalue weighted by Crippen LogP contribution is 2.41. The molecule has 0 bridgehead atoms. The number of carbonyl (C=O) groups is 1. The fourth-order valence-electron chi connectivity index (χ4n) is 4.20. The molecule has 1 aliphatic heterocycles. The van der Waals surface area contributed by atoms with Gasteiger partial charge in [0.25, 0.3) is 10.0 Å². The number of anilines is 1. The van der Waals surface area contributed by atoms with Gasteiger partial charge in [-0.15, -0.1) is 0 Å². The summed E-state index contributed by atoms with van der Waals surface area (Å²) in [5, 5.41) is 3.04. The van der Waals surface area contributed by atoms with Crippen molar-refractivity contribution in [1.29, 1.82) is 0 Å². The Balaban J connectivity index is 1.65. The van der Waals surface area contributed by atoms with Gasteiger partial charge in [0.2, 0.25) is 5.91 Å². The summed E-state index contributed by atoms with van der Waals surface area (Å²) in [5.41, 5.74) is 1.70. The predicted molar refractivity (Wildman–Crippen MR) is 135 cm³/mol. The molecule has 1 unspecified atom stereocenters. The van der Waals surface area contributed by atoms with Crippen LogP contribution in [0.5, 0.6) is 11.5 Å². The molecule has 1 amide bonds. The molecular weight excluding hydrogens is 464 g/mol. The van der Waals surface area contributed by atoms with Crippen LogP contribution in [0, 0.1) is 6.92 Å². The van der Waals surface area contributed by atoms with Gasteiger partial charge >= 0.3 is 0 Å². The molecule has 1 atom stereocenters. The number of sulfonamides is 1. The van der Waals surface area contributed by atoms with Crippen LogP contribution >= 0.6 is 0 Å². The first kappa shape index (κ1) is 24.6. The number of aryl methyl sites for hydroxylation is 1. The second kappa shape index (κ2) is 9.62. The average molecular weight is 495 g/mol. The van der Waals surface area contributed by atoms with Gasteiger partial charge in [-0.1, -0.05) is 35.9 Å². The van der Waals surface area contributed by atoms with E-state index < -0.39 is 21.5 Å². The molecule has 0 saturated heterocycles. The Hall–Kier alpha value is -3.52. The number of rotatable bonds is 7. The summed E-state index contributed by atoms with van der Waals surface area (Å²) in [6.45, 7) is 5.47. The van der Waals surface area contributed by atoms with Crippen molar-refractivity contribution in [3.63, 3.8) is 0 Å². The Labute approximate surface area is 206 Å². The van der Waals surface area contributed by atoms with Crippen molar-refractivity contribution in [2.45, 2.75) is 43.7 Å². The van der Waals surface area contributed by atoms with Gasteiger partial charge < -0.3 is 14.8 Å². The third-order valence-electron chi connectivity index (χ3n) is 5.95. The van der Waals surface area contributed by atoms with Crippen molar-refractivity contribution >= 4 is 21.6 Å². The fraction of sp³-hybridized carbons (Fsp3) is 0.296. The van der Waals surface area contributed by atoms with E-state index in [0.29, 0.717) is 23.6 Å². The molecule has 8 heteroatoms. The Bertz CT molecular complexity index is 1310. The number of benzene rings is 3. The lowest BCUT2D eigenvalue weighted by atomic mass is 9.89. The van der Waals surface area contributed by atoms with E-state index in [1.54, 1.807) is 37.4 Å². The lowest BCUT2D eigenvalue weighted by Crippen LogP contribution is -2.45. The van der Waals surface area contributed by atoms with Gasteiger partial charge in [-0.05, 0) is 63.2 Å². The maximum Gasteiger partial charge on any atom is 0.264 e. The summed E-state index contributed by atoms with van der Waals surface area (Å²) >= 11 is 0. The minimum absolute atomic E-state index is 0.121. The molecule has 184 valence electrons. The Morgan fingerprint density at radius 1 is 1.09 bits per heavy atom. The first-order chi connectivity index (χ1) is 16.6. The van der Waals surface area contributed by atoms with Crippen molar-refractivity contribution in [2.75, 3.05) is 18.0 Å². The van der Waals surface area contributed by atoms with Gasteiger partial charge in [-0.25, -0.2) is 8.42 Å². The quantitative estimate of drug-likeness (QED) is 0.518. The number of nitrogens with zero attached hydrogens (tertiary/aromatic N) is 1. The van der Waals surface area contributed by atoms with Gasteiger partial charge in [0.15, 0.2) is 0 Å². The van der Waals surface area contributed by atoms with E-state index in [1.165, 1.54) is 12.1 Å². The topological polar surface area (TPSA) is 84.9 Å². The maximum absolute atomic E-state index is 13.5. The zero-order valence-electron chi connectivity index (χ0n) is 20.3. The van der Waals surface area contributed by atoms with Crippen molar-refractivity contribution < 1.29 is 22.7 Å². The summed E-state index contributed by atoms with van der Waals surface area (Å²) in [7, 11) is -2.39. The molecule has 1 heterocycles. The molecular formula is C27H30N2O5S. The third kappa shape index (κ3) is 5.43. The number of fused-ring (bicyclic) bond motifs is 1. The molecule has 0 fully saturated rings. The molecule has 35 heavy (non-hydrogen) atoms. The maximum atomic E-state index is 13.5. The predicted octanol–water partition coefficient (Wildman–Crippen LogP) is 4.62. The zero-order valence-corrected chi connectivity index (χ0v) is 21.1. The Kier molecular flexibility index (Phi) is 6.76. The number of methoxy groups -OCH3 is 1. The number of ether oxygens (including phenoxy) is 2. The number of carbonyl (C=O) groups excluding carboxylic acids is 1. The molecule has 3 aromatic carbocycles. The molecule has 0 spiro atoms. The molecule has 4 rings (SSSR count). The van der Waals surface area contributed by atoms with Crippen molar-refractivity contribution in [3.8, 4) is 11.5 Å². The van der Waals surface area contributed by atoms with E-state index in [9.17, 15) is 13.2 Å². The molecule has 1 aliphatic rings. The molecule has 1 N–H and O–H groups in total. The van der Waals surface area contributed by atoms with Crippen molar-refractivity contribution in [3.05, 3.63) is 83.9 Å². The monoisotopic (exact) mass is 494 g/mol. The number of hydrogen-bond acceptors (Lipinski definition) is 5. The normalized spacial score (nSPS) is 16.5. The van der Waals surface area contributed by atoms with E-state index in [-0.39, 0.29) is 17.5 Å². The van der Waals surface area contributed by atoms with Gasteiger partial charge in [-0.3, -0.25) is 9.10 Å². The SMILES string of the molecule is COc1ccc2c(c1)C(NC(=O)CN(c1ccc(C)cc1)S(=O)(=O)c1ccccc1)CC(C)(C)O2. The van der Waals surface area contributed by atoms with Crippen LogP contribution < -0.4 is 19.1 Å². The van der Waals surface area contributed by atoms with Crippen LogP contribution in [-0.4, -0.2) is 33.6 Å². The Morgan fingerprint density at radius 3 is 2.43 bits per heavy atom. The highest BCUT2D eigenvalue weighted by Gasteiger charge is 2.36. The summed E-state index contributed by atoms with van der Waals surface area (Å²) in [6.07, 6.45) is 0.523. The van der Waals surface area contributed by atoms with Crippen LogP contribution in [0.3, 0.4) is 0 Å². The molecule has 0 aliphatic carbocycles. The molecule has 0 saturated carbocycles. The average Bonchev–Trinajstić information content (AvgIpc) is 2.83.